The molecule has 4 rings (SSSR count). The molecule has 0 radical (unpaired) electrons. The average Bonchev–Trinajstić information content (AvgIpc) is 3.33. The van der Waals surface area contributed by atoms with Crippen LogP contribution in [0.25, 0.3) is 12.2 Å². The summed E-state index contributed by atoms with van der Waals surface area (Å²) in [5, 5.41) is 3.35. The van der Waals surface area contributed by atoms with Crippen LogP contribution in [0.4, 0.5) is 11.6 Å². The molecule has 0 saturated carbocycles. The molecule has 1 aromatic heterocycles. The minimum absolute atomic E-state index is 0.709. The number of likely N-dealkylation sites (tertiary alicyclic amines) is 1. The van der Waals surface area contributed by atoms with Crippen LogP contribution >= 0.6 is 0 Å². The summed E-state index contributed by atoms with van der Waals surface area (Å²) in [4.78, 5) is 14.7. The summed E-state index contributed by atoms with van der Waals surface area (Å²) in [5.74, 6) is 2.48. The predicted octanol–water partition coefficient (Wildman–Crippen LogP) is 5.60. The van der Waals surface area contributed by atoms with E-state index in [4.69, 9.17) is 9.97 Å². The zero-order valence-electron chi connectivity index (χ0n) is 19.4. The molecule has 2 aliphatic heterocycles. The Morgan fingerprint density at radius 3 is 2.41 bits per heavy atom. The lowest BCUT2D eigenvalue weighted by atomic mass is 10.0. The fraction of sp³-hybridized carbons (Fsp3) is 0.407. The van der Waals surface area contributed by atoms with Crippen molar-refractivity contribution in [3.8, 4) is 0 Å². The van der Waals surface area contributed by atoms with Gasteiger partial charge in [-0.2, -0.15) is 0 Å². The van der Waals surface area contributed by atoms with Gasteiger partial charge in [0.05, 0.1) is 0 Å². The molecule has 2 fully saturated rings. The maximum Gasteiger partial charge on any atom is 0.156 e. The topological polar surface area (TPSA) is 44.3 Å². The highest BCUT2D eigenvalue weighted by molar-refractivity contribution is 5.68. The summed E-state index contributed by atoms with van der Waals surface area (Å²) in [7, 11) is 0. The lowest BCUT2D eigenvalue weighted by molar-refractivity contribution is 0.207. The first kappa shape index (κ1) is 22.3. The van der Waals surface area contributed by atoms with E-state index in [1.807, 2.05) is 30.4 Å². The van der Waals surface area contributed by atoms with Crippen molar-refractivity contribution >= 4 is 23.8 Å². The molecular formula is C27H35N5. The number of aromatic nitrogens is 2. The van der Waals surface area contributed by atoms with E-state index >= 15 is 0 Å². The number of piperidine rings is 1. The molecule has 0 aliphatic carbocycles. The van der Waals surface area contributed by atoms with Crippen LogP contribution in [0.2, 0.25) is 0 Å². The third kappa shape index (κ3) is 6.07. The van der Waals surface area contributed by atoms with Crippen LogP contribution in [0.3, 0.4) is 0 Å². The maximum absolute atomic E-state index is 4.89. The zero-order chi connectivity index (χ0) is 22.3. The molecule has 2 saturated heterocycles. The number of nitrogens with one attached hydrogen (secondary N) is 1. The molecule has 1 aromatic carbocycles. The number of anilines is 2. The van der Waals surface area contributed by atoms with Crippen molar-refractivity contribution in [2.24, 2.45) is 0 Å². The number of hydrogen-bond acceptors (Lipinski definition) is 5. The lowest BCUT2D eigenvalue weighted by Crippen LogP contribution is -2.44. The summed E-state index contributed by atoms with van der Waals surface area (Å²) < 4.78 is 0. The largest absolute Gasteiger partial charge is 0.356 e. The van der Waals surface area contributed by atoms with Crippen LogP contribution < -0.4 is 10.2 Å². The van der Waals surface area contributed by atoms with Gasteiger partial charge in [-0.3, -0.25) is 0 Å². The van der Waals surface area contributed by atoms with Crippen LogP contribution in [0.5, 0.6) is 0 Å². The van der Waals surface area contributed by atoms with Gasteiger partial charge in [0.2, 0.25) is 0 Å². The highest BCUT2D eigenvalue weighted by Gasteiger charge is 2.27. The second-order valence-corrected chi connectivity index (χ2v) is 9.05. The first-order valence-electron chi connectivity index (χ1n) is 11.8. The van der Waals surface area contributed by atoms with E-state index in [0.29, 0.717) is 5.82 Å². The van der Waals surface area contributed by atoms with Crippen LogP contribution in [0.15, 0.2) is 60.3 Å². The molecule has 0 bridgehead atoms. The van der Waals surface area contributed by atoms with E-state index in [2.05, 4.69) is 59.8 Å². The summed E-state index contributed by atoms with van der Waals surface area (Å²) in [6.07, 6.45) is 11.2. The fourth-order valence-corrected chi connectivity index (χ4v) is 4.60. The fourth-order valence-electron chi connectivity index (χ4n) is 4.60. The normalized spacial score (nSPS) is 17.6. The molecule has 0 amide bonds. The Balaban J connectivity index is 1.53. The minimum Gasteiger partial charge on any atom is -0.356 e. The van der Waals surface area contributed by atoms with Gasteiger partial charge in [0.25, 0.3) is 0 Å². The molecule has 0 spiro atoms. The van der Waals surface area contributed by atoms with E-state index in [1.165, 1.54) is 44.3 Å². The molecule has 0 atom stereocenters. The number of nitrogens with zero attached hydrogens (tertiary/aromatic N) is 4. The second-order valence-electron chi connectivity index (χ2n) is 9.05. The van der Waals surface area contributed by atoms with Gasteiger partial charge >= 0.3 is 0 Å². The van der Waals surface area contributed by atoms with Crippen molar-refractivity contribution in [1.82, 2.24) is 14.9 Å². The SMILES string of the molecule is C=C(C=C(C)C)Nc1cc(N2CCC(N3CCCC3)CC2)nc(/C=C/c2ccccc2)n1. The molecule has 1 N–H and O–H groups in total. The third-order valence-electron chi connectivity index (χ3n) is 6.15. The Morgan fingerprint density at radius 2 is 1.72 bits per heavy atom. The predicted molar refractivity (Wildman–Crippen MR) is 136 cm³/mol. The van der Waals surface area contributed by atoms with Crippen molar-refractivity contribution in [2.45, 2.75) is 45.6 Å². The summed E-state index contributed by atoms with van der Waals surface area (Å²) >= 11 is 0. The number of rotatable bonds is 7. The molecule has 0 unspecified atom stereocenters. The molecular weight excluding hydrogens is 394 g/mol. The molecule has 168 valence electrons. The Kier molecular flexibility index (Phi) is 7.38. The molecule has 32 heavy (non-hydrogen) atoms. The number of allylic oxidation sites excluding steroid dienone is 2. The van der Waals surface area contributed by atoms with Gasteiger partial charge in [-0.1, -0.05) is 48.6 Å². The summed E-state index contributed by atoms with van der Waals surface area (Å²) in [5.41, 5.74) is 3.17. The van der Waals surface area contributed by atoms with Crippen molar-refractivity contribution in [3.63, 3.8) is 0 Å². The molecule has 3 heterocycles. The quantitative estimate of drug-likeness (QED) is 0.580. The second kappa shape index (κ2) is 10.6. The first-order valence-corrected chi connectivity index (χ1v) is 11.8. The monoisotopic (exact) mass is 429 g/mol. The van der Waals surface area contributed by atoms with Crippen LogP contribution in [0, 0.1) is 0 Å². The van der Waals surface area contributed by atoms with E-state index in [0.717, 1.165) is 42.0 Å². The van der Waals surface area contributed by atoms with Gasteiger partial charge in [0.1, 0.15) is 11.6 Å². The van der Waals surface area contributed by atoms with E-state index in [-0.39, 0.29) is 0 Å². The van der Waals surface area contributed by atoms with E-state index < -0.39 is 0 Å². The first-order chi connectivity index (χ1) is 15.6. The lowest BCUT2D eigenvalue weighted by Gasteiger charge is -2.37. The average molecular weight is 430 g/mol. The van der Waals surface area contributed by atoms with Crippen LogP contribution in [-0.2, 0) is 0 Å². The van der Waals surface area contributed by atoms with E-state index in [9.17, 15) is 0 Å². The summed E-state index contributed by atoms with van der Waals surface area (Å²) in [6.45, 7) is 12.9. The Labute approximate surface area is 192 Å². The van der Waals surface area contributed by atoms with Crippen molar-refractivity contribution < 1.29 is 0 Å². The van der Waals surface area contributed by atoms with Gasteiger partial charge in [-0.25, -0.2) is 9.97 Å². The smallest absolute Gasteiger partial charge is 0.156 e. The highest BCUT2D eigenvalue weighted by Crippen LogP contribution is 2.26. The zero-order valence-corrected chi connectivity index (χ0v) is 19.4. The maximum atomic E-state index is 4.89. The van der Waals surface area contributed by atoms with Crippen molar-refractivity contribution in [3.05, 3.63) is 71.7 Å². The molecule has 2 aromatic rings. The summed E-state index contributed by atoms with van der Waals surface area (Å²) in [6, 6.07) is 13.0. The number of benzene rings is 1. The van der Waals surface area contributed by atoms with Gasteiger partial charge in [0.15, 0.2) is 5.82 Å². The van der Waals surface area contributed by atoms with E-state index in [1.54, 1.807) is 0 Å². The van der Waals surface area contributed by atoms with Crippen LogP contribution in [-0.4, -0.2) is 47.1 Å². The van der Waals surface area contributed by atoms with Gasteiger partial charge in [-0.15, -0.1) is 0 Å². The van der Waals surface area contributed by atoms with Crippen LogP contribution in [0.1, 0.15) is 50.9 Å². The standard InChI is InChI=1S/C27H35N5/c1-21(2)19-22(3)28-26-20-27(30-25(29-26)12-11-23-9-5-4-6-10-23)32-17-13-24(14-18-32)31-15-7-8-16-31/h4-6,9-12,19-20,24H,3,7-8,13-18H2,1-2H3,(H,28,29,30)/b12-11+. The Morgan fingerprint density at radius 1 is 1.00 bits per heavy atom. The highest BCUT2D eigenvalue weighted by atomic mass is 15.2. The third-order valence-corrected chi connectivity index (χ3v) is 6.15. The minimum atomic E-state index is 0.709. The van der Waals surface area contributed by atoms with Gasteiger partial charge in [-0.05, 0) is 70.3 Å². The van der Waals surface area contributed by atoms with Gasteiger partial charge in [0, 0.05) is 30.9 Å². The van der Waals surface area contributed by atoms with Crippen molar-refractivity contribution in [1.29, 1.82) is 0 Å². The molecule has 5 nitrogen and oxygen atoms in total. The van der Waals surface area contributed by atoms with Gasteiger partial charge < -0.3 is 15.1 Å². The molecule has 2 aliphatic rings. The Hall–Kier alpha value is -2.92. The van der Waals surface area contributed by atoms with Crippen molar-refractivity contribution in [2.75, 3.05) is 36.4 Å². The number of hydrogen-bond donors (Lipinski definition) is 1. The Bertz CT molecular complexity index is 961. The molecule has 5 heteroatoms.